The summed E-state index contributed by atoms with van der Waals surface area (Å²) in [6.07, 6.45) is 0. The van der Waals surface area contributed by atoms with Gasteiger partial charge in [-0.2, -0.15) is 0 Å². The first kappa shape index (κ1) is 11.3. The number of esters is 1. The molecule has 0 radical (unpaired) electrons. The Morgan fingerprint density at radius 3 is 2.75 bits per heavy atom. The number of hydrogen-bond donors (Lipinski definition) is 0. The Kier molecular flexibility index (Phi) is 3.05. The average Bonchev–Trinajstić information content (AvgIpc) is 2.32. The summed E-state index contributed by atoms with van der Waals surface area (Å²) in [6, 6.07) is 3.39. The summed E-state index contributed by atoms with van der Waals surface area (Å²) in [5, 5.41) is 0. The number of halogens is 1. The number of benzene rings is 1. The molecule has 1 heterocycles. The predicted molar refractivity (Wildman–Crippen MR) is 61.5 cm³/mol. The van der Waals surface area contributed by atoms with Gasteiger partial charge in [0.1, 0.15) is 6.61 Å². The topological polar surface area (TPSA) is 44.8 Å². The van der Waals surface area contributed by atoms with E-state index in [-0.39, 0.29) is 10.8 Å². The molecular formula is C11H11BrO4. The molecule has 0 aliphatic carbocycles. The van der Waals surface area contributed by atoms with Gasteiger partial charge >= 0.3 is 5.97 Å². The van der Waals surface area contributed by atoms with E-state index in [2.05, 4.69) is 15.9 Å². The van der Waals surface area contributed by atoms with Gasteiger partial charge in [-0.1, -0.05) is 15.9 Å². The Hall–Kier alpha value is -1.23. The number of alkyl halides is 1. The van der Waals surface area contributed by atoms with Gasteiger partial charge in [-0.15, -0.1) is 0 Å². The van der Waals surface area contributed by atoms with Crippen molar-refractivity contribution in [3.63, 3.8) is 0 Å². The molecule has 1 atom stereocenters. The summed E-state index contributed by atoms with van der Waals surface area (Å²) in [6.45, 7) is 0.301. The quantitative estimate of drug-likeness (QED) is 0.618. The molecule has 0 bridgehead atoms. The van der Waals surface area contributed by atoms with Gasteiger partial charge in [-0.25, -0.2) is 4.79 Å². The third kappa shape index (κ3) is 1.65. The lowest BCUT2D eigenvalue weighted by Gasteiger charge is -2.23. The molecule has 1 unspecified atom stereocenters. The second-order valence-electron chi connectivity index (χ2n) is 3.33. The number of carbonyl (C=O) groups excluding carboxylic acids is 1. The summed E-state index contributed by atoms with van der Waals surface area (Å²) in [5.41, 5.74) is 1.31. The number of rotatable bonds is 2. The van der Waals surface area contributed by atoms with Crippen molar-refractivity contribution in [3.05, 3.63) is 23.3 Å². The Morgan fingerprint density at radius 2 is 2.12 bits per heavy atom. The van der Waals surface area contributed by atoms with E-state index in [1.807, 2.05) is 0 Å². The lowest BCUT2D eigenvalue weighted by atomic mass is 10.0. The van der Waals surface area contributed by atoms with Crippen LogP contribution in [0.1, 0.15) is 20.7 Å². The lowest BCUT2D eigenvalue weighted by molar-refractivity contribution is 0.0476. The minimum atomic E-state index is -0.327. The van der Waals surface area contributed by atoms with Crippen molar-refractivity contribution in [2.45, 2.75) is 4.83 Å². The van der Waals surface area contributed by atoms with Gasteiger partial charge < -0.3 is 14.2 Å². The number of ether oxygens (including phenoxy) is 3. The Balaban J connectivity index is 2.65. The van der Waals surface area contributed by atoms with Gasteiger partial charge in [0.05, 0.1) is 24.6 Å². The second-order valence-corrected chi connectivity index (χ2v) is 4.43. The number of carbonyl (C=O) groups is 1. The summed E-state index contributed by atoms with van der Waals surface area (Å²) >= 11 is 3.46. The van der Waals surface area contributed by atoms with E-state index < -0.39 is 0 Å². The van der Waals surface area contributed by atoms with Gasteiger partial charge in [-0.05, 0) is 12.1 Å². The minimum Gasteiger partial charge on any atom is -0.493 e. The highest BCUT2D eigenvalue weighted by Crippen LogP contribution is 2.42. The highest BCUT2D eigenvalue weighted by Gasteiger charge is 2.30. The molecule has 4 nitrogen and oxygen atoms in total. The molecular weight excluding hydrogens is 276 g/mol. The third-order valence-electron chi connectivity index (χ3n) is 2.48. The number of cyclic esters (lactones) is 1. The van der Waals surface area contributed by atoms with Crippen molar-refractivity contribution in [2.24, 2.45) is 0 Å². The van der Waals surface area contributed by atoms with E-state index in [0.717, 1.165) is 5.56 Å². The molecule has 1 aromatic rings. The third-order valence-corrected chi connectivity index (χ3v) is 3.20. The van der Waals surface area contributed by atoms with Crippen LogP contribution in [0.25, 0.3) is 0 Å². The first-order chi connectivity index (χ1) is 7.69. The molecule has 2 rings (SSSR count). The Morgan fingerprint density at radius 1 is 1.38 bits per heavy atom. The summed E-state index contributed by atoms with van der Waals surface area (Å²) in [4.78, 5) is 11.5. The molecule has 0 N–H and O–H groups in total. The van der Waals surface area contributed by atoms with Crippen LogP contribution in [0.4, 0.5) is 0 Å². The molecule has 0 aromatic heterocycles. The van der Waals surface area contributed by atoms with Gasteiger partial charge in [0.25, 0.3) is 0 Å². The van der Waals surface area contributed by atoms with Gasteiger partial charge in [0.15, 0.2) is 11.5 Å². The van der Waals surface area contributed by atoms with E-state index in [1.165, 1.54) is 0 Å². The highest BCUT2D eigenvalue weighted by molar-refractivity contribution is 9.09. The normalized spacial score (nSPS) is 18.7. The summed E-state index contributed by atoms with van der Waals surface area (Å²) in [7, 11) is 3.12. The highest BCUT2D eigenvalue weighted by atomic mass is 79.9. The van der Waals surface area contributed by atoms with Gasteiger partial charge in [-0.3, -0.25) is 0 Å². The maximum atomic E-state index is 11.6. The van der Waals surface area contributed by atoms with Crippen molar-refractivity contribution in [2.75, 3.05) is 20.8 Å². The average molecular weight is 287 g/mol. The van der Waals surface area contributed by atoms with Crippen LogP contribution >= 0.6 is 15.9 Å². The molecule has 0 fully saturated rings. The first-order valence-corrected chi connectivity index (χ1v) is 5.66. The maximum Gasteiger partial charge on any atom is 0.338 e. The maximum absolute atomic E-state index is 11.6. The van der Waals surface area contributed by atoms with Crippen LogP contribution in [0.2, 0.25) is 0 Å². The Labute approximate surface area is 102 Å². The van der Waals surface area contributed by atoms with Crippen molar-refractivity contribution in [3.8, 4) is 11.5 Å². The summed E-state index contributed by atoms with van der Waals surface area (Å²) < 4.78 is 15.5. The van der Waals surface area contributed by atoms with Crippen LogP contribution in [-0.4, -0.2) is 26.8 Å². The van der Waals surface area contributed by atoms with E-state index in [1.54, 1.807) is 26.4 Å². The van der Waals surface area contributed by atoms with E-state index in [0.29, 0.717) is 23.7 Å². The van der Waals surface area contributed by atoms with Crippen molar-refractivity contribution >= 4 is 21.9 Å². The zero-order valence-electron chi connectivity index (χ0n) is 8.95. The predicted octanol–water partition coefficient (Wildman–Crippen LogP) is 2.31. The number of methoxy groups -OCH3 is 2. The molecule has 5 heteroatoms. The van der Waals surface area contributed by atoms with Crippen LogP contribution in [0, 0.1) is 0 Å². The molecule has 1 aliphatic rings. The molecule has 0 amide bonds. The monoisotopic (exact) mass is 286 g/mol. The van der Waals surface area contributed by atoms with Crippen LogP contribution in [0.3, 0.4) is 0 Å². The molecule has 0 saturated carbocycles. The first-order valence-electron chi connectivity index (χ1n) is 4.75. The van der Waals surface area contributed by atoms with Crippen LogP contribution in [0.5, 0.6) is 11.5 Å². The SMILES string of the molecule is COc1ccc2c(c1OC)C(Br)COC2=O. The summed E-state index contributed by atoms with van der Waals surface area (Å²) in [5.74, 6) is 0.866. The van der Waals surface area contributed by atoms with Gasteiger partial charge in [0.2, 0.25) is 0 Å². The zero-order chi connectivity index (χ0) is 11.7. The van der Waals surface area contributed by atoms with Crippen LogP contribution in [0.15, 0.2) is 12.1 Å². The smallest absolute Gasteiger partial charge is 0.338 e. The van der Waals surface area contributed by atoms with Crippen molar-refractivity contribution in [1.82, 2.24) is 0 Å². The largest absolute Gasteiger partial charge is 0.493 e. The Bertz CT molecular complexity index is 430. The fourth-order valence-corrected chi connectivity index (χ4v) is 2.34. The fraction of sp³-hybridized carbons (Fsp3) is 0.364. The molecule has 16 heavy (non-hydrogen) atoms. The second kappa shape index (κ2) is 4.33. The number of hydrogen-bond acceptors (Lipinski definition) is 4. The molecule has 86 valence electrons. The lowest BCUT2D eigenvalue weighted by Crippen LogP contribution is -2.20. The van der Waals surface area contributed by atoms with Crippen molar-refractivity contribution < 1.29 is 19.0 Å². The van der Waals surface area contributed by atoms with Crippen LogP contribution < -0.4 is 9.47 Å². The number of fused-ring (bicyclic) bond motifs is 1. The van der Waals surface area contributed by atoms with Crippen LogP contribution in [-0.2, 0) is 4.74 Å². The van der Waals surface area contributed by atoms with E-state index in [4.69, 9.17) is 14.2 Å². The molecule has 0 spiro atoms. The fourth-order valence-electron chi connectivity index (χ4n) is 1.75. The molecule has 0 saturated heterocycles. The van der Waals surface area contributed by atoms with Gasteiger partial charge in [0, 0.05) is 5.56 Å². The standard InChI is InChI=1S/C11H11BrO4/c1-14-8-4-3-6-9(10(8)15-2)7(12)5-16-11(6)13/h3-4,7H,5H2,1-2H3. The minimum absolute atomic E-state index is 0.0646. The van der Waals surface area contributed by atoms with Crippen molar-refractivity contribution in [1.29, 1.82) is 0 Å². The molecule has 1 aliphatic heterocycles. The van der Waals surface area contributed by atoms with E-state index in [9.17, 15) is 4.79 Å². The molecule has 1 aromatic carbocycles. The van der Waals surface area contributed by atoms with E-state index >= 15 is 0 Å². The zero-order valence-corrected chi connectivity index (χ0v) is 10.5.